The zero-order valence-corrected chi connectivity index (χ0v) is 14.5. The standard InChI is InChI=1S/C20H22N2O3/c1-14-12-15-6-3-4-9-18(15)22(14)19(23)10-11-21-20(24)16-7-5-8-17(13-16)25-2/h3-9,13-14H,10-12H2,1-2H3,(H,21,24). The molecule has 1 atom stereocenters. The molecule has 2 amide bonds. The second-order valence-electron chi connectivity index (χ2n) is 6.18. The van der Waals surface area contributed by atoms with Gasteiger partial charge < -0.3 is 15.0 Å². The van der Waals surface area contributed by atoms with Crippen molar-refractivity contribution >= 4 is 17.5 Å². The summed E-state index contributed by atoms with van der Waals surface area (Å²) in [6.07, 6.45) is 1.15. The number of carbonyl (C=O) groups excluding carboxylic acids is 2. The van der Waals surface area contributed by atoms with Crippen molar-refractivity contribution in [3.63, 3.8) is 0 Å². The van der Waals surface area contributed by atoms with E-state index < -0.39 is 0 Å². The lowest BCUT2D eigenvalue weighted by atomic mass is 10.1. The van der Waals surface area contributed by atoms with Crippen LogP contribution in [0.15, 0.2) is 48.5 Å². The molecular weight excluding hydrogens is 316 g/mol. The molecule has 1 unspecified atom stereocenters. The summed E-state index contributed by atoms with van der Waals surface area (Å²) in [5.74, 6) is 0.455. The average Bonchev–Trinajstić information content (AvgIpc) is 2.97. The Kier molecular flexibility index (Phi) is 5.03. The molecule has 130 valence electrons. The average molecular weight is 338 g/mol. The molecule has 0 aromatic heterocycles. The van der Waals surface area contributed by atoms with Gasteiger partial charge in [-0.3, -0.25) is 9.59 Å². The number of benzene rings is 2. The van der Waals surface area contributed by atoms with Gasteiger partial charge in [-0.05, 0) is 43.2 Å². The highest BCUT2D eigenvalue weighted by Gasteiger charge is 2.30. The van der Waals surface area contributed by atoms with E-state index in [9.17, 15) is 9.59 Å². The summed E-state index contributed by atoms with van der Waals surface area (Å²) in [4.78, 5) is 26.6. The Labute approximate surface area is 147 Å². The number of anilines is 1. The van der Waals surface area contributed by atoms with E-state index in [0.717, 1.165) is 12.1 Å². The molecule has 2 aromatic carbocycles. The highest BCUT2D eigenvalue weighted by Crippen LogP contribution is 2.32. The summed E-state index contributed by atoms with van der Waals surface area (Å²) in [5, 5.41) is 2.80. The smallest absolute Gasteiger partial charge is 0.251 e. The second-order valence-corrected chi connectivity index (χ2v) is 6.18. The molecule has 1 N–H and O–H groups in total. The highest BCUT2D eigenvalue weighted by molar-refractivity contribution is 5.97. The largest absolute Gasteiger partial charge is 0.497 e. The van der Waals surface area contributed by atoms with Crippen LogP contribution >= 0.6 is 0 Å². The van der Waals surface area contributed by atoms with E-state index in [1.807, 2.05) is 30.0 Å². The predicted octanol–water partition coefficient (Wildman–Crippen LogP) is 2.79. The lowest BCUT2D eigenvalue weighted by Gasteiger charge is -2.22. The number of amides is 2. The number of carbonyl (C=O) groups is 2. The van der Waals surface area contributed by atoms with Gasteiger partial charge in [0.2, 0.25) is 5.91 Å². The predicted molar refractivity (Wildman–Crippen MR) is 97.0 cm³/mol. The van der Waals surface area contributed by atoms with Crippen molar-refractivity contribution in [1.82, 2.24) is 5.32 Å². The van der Waals surface area contributed by atoms with E-state index in [2.05, 4.69) is 11.4 Å². The Bertz CT molecular complexity index is 788. The number of hydrogen-bond donors (Lipinski definition) is 1. The zero-order valence-electron chi connectivity index (χ0n) is 14.5. The Morgan fingerprint density at radius 3 is 2.80 bits per heavy atom. The van der Waals surface area contributed by atoms with Crippen molar-refractivity contribution < 1.29 is 14.3 Å². The molecule has 5 nitrogen and oxygen atoms in total. The van der Waals surface area contributed by atoms with Crippen LogP contribution in [0, 0.1) is 0 Å². The van der Waals surface area contributed by atoms with Crippen molar-refractivity contribution in [3.05, 3.63) is 59.7 Å². The van der Waals surface area contributed by atoms with Crippen molar-refractivity contribution in [2.24, 2.45) is 0 Å². The Hall–Kier alpha value is -2.82. The van der Waals surface area contributed by atoms with E-state index in [0.29, 0.717) is 17.9 Å². The Morgan fingerprint density at radius 2 is 2.00 bits per heavy atom. The number of methoxy groups -OCH3 is 1. The van der Waals surface area contributed by atoms with Crippen LogP contribution in [0.4, 0.5) is 5.69 Å². The molecule has 0 saturated heterocycles. The van der Waals surface area contributed by atoms with E-state index in [1.54, 1.807) is 31.4 Å². The Morgan fingerprint density at radius 1 is 1.20 bits per heavy atom. The topological polar surface area (TPSA) is 58.6 Å². The summed E-state index contributed by atoms with van der Waals surface area (Å²) in [6.45, 7) is 2.35. The van der Waals surface area contributed by atoms with Crippen LogP contribution in [0.25, 0.3) is 0 Å². The monoisotopic (exact) mass is 338 g/mol. The van der Waals surface area contributed by atoms with Gasteiger partial charge in [0, 0.05) is 30.3 Å². The lowest BCUT2D eigenvalue weighted by molar-refractivity contribution is -0.118. The summed E-state index contributed by atoms with van der Waals surface area (Å²) in [7, 11) is 1.56. The third kappa shape index (κ3) is 3.65. The van der Waals surface area contributed by atoms with E-state index in [1.165, 1.54) is 5.56 Å². The first kappa shape index (κ1) is 17.0. The SMILES string of the molecule is COc1cccc(C(=O)NCCC(=O)N2c3ccccc3CC2C)c1. The minimum Gasteiger partial charge on any atom is -0.497 e. The number of para-hydroxylation sites is 1. The molecule has 5 heteroatoms. The fraction of sp³-hybridized carbons (Fsp3) is 0.300. The molecule has 0 saturated carbocycles. The molecule has 0 spiro atoms. The Balaban J connectivity index is 1.57. The molecule has 1 aliphatic heterocycles. The van der Waals surface area contributed by atoms with Crippen LogP contribution in [-0.2, 0) is 11.2 Å². The quantitative estimate of drug-likeness (QED) is 0.912. The molecule has 1 heterocycles. The van der Waals surface area contributed by atoms with Gasteiger partial charge in [-0.15, -0.1) is 0 Å². The molecule has 0 aliphatic carbocycles. The van der Waals surface area contributed by atoms with Gasteiger partial charge in [-0.1, -0.05) is 24.3 Å². The maximum atomic E-state index is 12.6. The van der Waals surface area contributed by atoms with Gasteiger partial charge in [0.05, 0.1) is 7.11 Å². The van der Waals surface area contributed by atoms with E-state index in [-0.39, 0.29) is 24.3 Å². The van der Waals surface area contributed by atoms with Crippen LogP contribution in [0.2, 0.25) is 0 Å². The minimum absolute atomic E-state index is 0.0309. The summed E-state index contributed by atoms with van der Waals surface area (Å²) in [6, 6.07) is 15.1. The third-order valence-electron chi connectivity index (χ3n) is 4.43. The van der Waals surface area contributed by atoms with Crippen LogP contribution < -0.4 is 15.0 Å². The second kappa shape index (κ2) is 7.38. The van der Waals surface area contributed by atoms with Gasteiger partial charge >= 0.3 is 0 Å². The fourth-order valence-corrected chi connectivity index (χ4v) is 3.22. The van der Waals surface area contributed by atoms with Crippen molar-refractivity contribution in [1.29, 1.82) is 0 Å². The molecule has 1 aliphatic rings. The number of nitrogens with one attached hydrogen (secondary N) is 1. The van der Waals surface area contributed by atoms with Crippen molar-refractivity contribution in [2.75, 3.05) is 18.6 Å². The highest BCUT2D eigenvalue weighted by atomic mass is 16.5. The molecule has 0 fully saturated rings. The zero-order chi connectivity index (χ0) is 17.8. The normalized spacial score (nSPS) is 15.6. The fourth-order valence-electron chi connectivity index (χ4n) is 3.22. The van der Waals surface area contributed by atoms with Gasteiger partial charge in [0.15, 0.2) is 0 Å². The van der Waals surface area contributed by atoms with Crippen LogP contribution in [0.5, 0.6) is 5.75 Å². The van der Waals surface area contributed by atoms with E-state index in [4.69, 9.17) is 4.74 Å². The third-order valence-corrected chi connectivity index (χ3v) is 4.43. The van der Waals surface area contributed by atoms with Crippen LogP contribution in [-0.4, -0.2) is 31.5 Å². The van der Waals surface area contributed by atoms with E-state index >= 15 is 0 Å². The van der Waals surface area contributed by atoms with Gasteiger partial charge in [0.25, 0.3) is 5.91 Å². The first-order valence-electron chi connectivity index (χ1n) is 8.42. The van der Waals surface area contributed by atoms with Gasteiger partial charge in [-0.25, -0.2) is 0 Å². The van der Waals surface area contributed by atoms with Gasteiger partial charge in [0.1, 0.15) is 5.75 Å². The number of hydrogen-bond acceptors (Lipinski definition) is 3. The number of fused-ring (bicyclic) bond motifs is 1. The van der Waals surface area contributed by atoms with Crippen molar-refractivity contribution in [2.45, 2.75) is 25.8 Å². The molecular formula is C20H22N2O3. The van der Waals surface area contributed by atoms with Gasteiger partial charge in [-0.2, -0.15) is 0 Å². The molecule has 0 radical (unpaired) electrons. The lowest BCUT2D eigenvalue weighted by Crippen LogP contribution is -2.38. The van der Waals surface area contributed by atoms with Crippen molar-refractivity contribution in [3.8, 4) is 5.75 Å². The summed E-state index contributed by atoms with van der Waals surface area (Å²) >= 11 is 0. The minimum atomic E-state index is -0.207. The maximum absolute atomic E-state index is 12.6. The van der Waals surface area contributed by atoms with Crippen LogP contribution in [0.1, 0.15) is 29.3 Å². The van der Waals surface area contributed by atoms with Crippen LogP contribution in [0.3, 0.4) is 0 Å². The summed E-state index contributed by atoms with van der Waals surface area (Å²) < 4.78 is 5.12. The molecule has 25 heavy (non-hydrogen) atoms. The molecule has 2 aromatic rings. The number of nitrogens with zero attached hydrogens (tertiary/aromatic N) is 1. The molecule has 0 bridgehead atoms. The summed E-state index contributed by atoms with van der Waals surface area (Å²) in [5.41, 5.74) is 2.70. The number of ether oxygens (including phenoxy) is 1. The first-order valence-corrected chi connectivity index (χ1v) is 8.42. The first-order chi connectivity index (χ1) is 12.1. The maximum Gasteiger partial charge on any atom is 0.251 e. The molecule has 3 rings (SSSR count). The number of rotatable bonds is 5.